The van der Waals surface area contributed by atoms with Gasteiger partial charge < -0.3 is 14.2 Å². The molecular formula is C22H18Cl3N3O. The fourth-order valence-electron chi connectivity index (χ4n) is 3.41. The number of halogens is 3. The molecule has 0 amide bonds. The fraction of sp³-hybridized carbons (Fsp3) is 0.136. The molecule has 0 fully saturated rings. The van der Waals surface area contributed by atoms with Crippen LogP contribution in [0.4, 0.5) is 0 Å². The Balaban J connectivity index is 1.73. The second-order valence-electron chi connectivity index (χ2n) is 6.82. The van der Waals surface area contributed by atoms with Gasteiger partial charge in [0.25, 0.3) is 0 Å². The van der Waals surface area contributed by atoms with E-state index in [-0.39, 0.29) is 6.54 Å². The van der Waals surface area contributed by atoms with Crippen molar-refractivity contribution in [3.8, 4) is 0 Å². The van der Waals surface area contributed by atoms with Crippen LogP contribution in [-0.4, -0.2) is 14.2 Å². The van der Waals surface area contributed by atoms with E-state index in [4.69, 9.17) is 40.2 Å². The lowest BCUT2D eigenvalue weighted by Gasteiger charge is -2.13. The summed E-state index contributed by atoms with van der Waals surface area (Å²) in [5.41, 5.74) is 3.81. The molecule has 0 bridgehead atoms. The zero-order valence-electron chi connectivity index (χ0n) is 15.3. The smallest absolute Gasteiger partial charge is 0.203 e. The molecule has 1 unspecified atom stereocenters. The Bertz CT molecular complexity index is 1230. The monoisotopic (exact) mass is 445 g/mol. The number of aliphatic hydroxyl groups excluding tert-OH is 1. The first-order valence-electron chi connectivity index (χ1n) is 9.04. The van der Waals surface area contributed by atoms with Crippen molar-refractivity contribution in [2.75, 3.05) is 0 Å². The van der Waals surface area contributed by atoms with Crippen LogP contribution in [-0.2, 0) is 13.1 Å². The van der Waals surface area contributed by atoms with Crippen molar-refractivity contribution in [1.82, 2.24) is 9.13 Å². The fourth-order valence-corrected chi connectivity index (χ4v) is 3.84. The molecule has 1 aromatic heterocycles. The lowest BCUT2D eigenvalue weighted by molar-refractivity contribution is 0.156. The van der Waals surface area contributed by atoms with Crippen LogP contribution in [0.5, 0.6) is 0 Å². The minimum Gasteiger partial charge on any atom is -0.387 e. The molecule has 0 radical (unpaired) electrons. The van der Waals surface area contributed by atoms with Crippen LogP contribution in [0.2, 0.25) is 15.1 Å². The van der Waals surface area contributed by atoms with Gasteiger partial charge in [-0.3, -0.25) is 5.41 Å². The summed E-state index contributed by atoms with van der Waals surface area (Å²) in [5, 5.41) is 21.0. The van der Waals surface area contributed by atoms with Crippen LogP contribution >= 0.6 is 34.8 Å². The summed E-state index contributed by atoms with van der Waals surface area (Å²) in [6.07, 6.45) is -0.825. The highest BCUT2D eigenvalue weighted by molar-refractivity contribution is 6.42. The number of rotatable bonds is 5. The normalized spacial score (nSPS) is 12.4. The van der Waals surface area contributed by atoms with E-state index in [1.165, 1.54) is 0 Å². The quantitative estimate of drug-likeness (QED) is 0.408. The third-order valence-electron chi connectivity index (χ3n) is 4.91. The van der Waals surface area contributed by atoms with Crippen molar-refractivity contribution in [3.05, 3.63) is 98.5 Å². The molecular weight excluding hydrogens is 429 g/mol. The first kappa shape index (κ1) is 20.0. The average Bonchev–Trinajstić information content (AvgIpc) is 2.97. The SMILES string of the molecule is N=c1n(Cc2ccc(Cl)cc2)c2ccccc2n1CC(O)c1ccc(Cl)c(Cl)c1. The molecule has 7 heteroatoms. The largest absolute Gasteiger partial charge is 0.387 e. The number of hydrogen-bond donors (Lipinski definition) is 2. The highest BCUT2D eigenvalue weighted by atomic mass is 35.5. The van der Waals surface area contributed by atoms with Gasteiger partial charge in [-0.25, -0.2) is 0 Å². The van der Waals surface area contributed by atoms with E-state index in [2.05, 4.69) is 0 Å². The standard InChI is InChI=1S/C22H18Cl3N3O/c23-16-8-5-14(6-9-16)12-27-19-3-1-2-4-20(19)28(22(27)26)13-21(29)15-7-10-17(24)18(25)11-15/h1-11,21,26,29H,12-13H2. The summed E-state index contributed by atoms with van der Waals surface area (Å²) in [4.78, 5) is 0. The van der Waals surface area contributed by atoms with Crippen LogP contribution in [0.15, 0.2) is 66.7 Å². The van der Waals surface area contributed by atoms with E-state index in [0.29, 0.717) is 32.8 Å². The number of benzene rings is 3. The van der Waals surface area contributed by atoms with Gasteiger partial charge in [0.15, 0.2) is 0 Å². The zero-order chi connectivity index (χ0) is 20.5. The van der Waals surface area contributed by atoms with E-state index in [9.17, 15) is 5.11 Å². The number of fused-ring (bicyclic) bond motifs is 1. The Morgan fingerprint density at radius 3 is 2.14 bits per heavy atom. The van der Waals surface area contributed by atoms with Gasteiger partial charge in [-0.1, -0.05) is 65.1 Å². The van der Waals surface area contributed by atoms with Crippen LogP contribution in [0.3, 0.4) is 0 Å². The molecule has 29 heavy (non-hydrogen) atoms. The number of nitrogens with zero attached hydrogens (tertiary/aromatic N) is 2. The van der Waals surface area contributed by atoms with Crippen molar-refractivity contribution in [1.29, 1.82) is 5.41 Å². The van der Waals surface area contributed by atoms with E-state index >= 15 is 0 Å². The molecule has 4 aromatic rings. The molecule has 0 saturated carbocycles. The Labute approximate surface area is 183 Å². The van der Waals surface area contributed by atoms with Crippen LogP contribution in [0.1, 0.15) is 17.2 Å². The summed E-state index contributed by atoms with van der Waals surface area (Å²) in [5.74, 6) is 0. The Morgan fingerprint density at radius 2 is 1.48 bits per heavy atom. The molecule has 0 spiro atoms. The van der Waals surface area contributed by atoms with E-state index in [1.54, 1.807) is 22.8 Å². The van der Waals surface area contributed by atoms with Crippen LogP contribution < -0.4 is 5.62 Å². The first-order valence-corrected chi connectivity index (χ1v) is 10.2. The van der Waals surface area contributed by atoms with Gasteiger partial charge in [0.05, 0.1) is 40.3 Å². The minimum atomic E-state index is -0.825. The van der Waals surface area contributed by atoms with Gasteiger partial charge in [0.1, 0.15) is 0 Å². The predicted octanol–water partition coefficient (Wildman–Crippen LogP) is 5.66. The van der Waals surface area contributed by atoms with Gasteiger partial charge in [-0.2, -0.15) is 0 Å². The maximum atomic E-state index is 10.8. The molecule has 0 aliphatic carbocycles. The summed E-state index contributed by atoms with van der Waals surface area (Å²) in [6, 6.07) is 20.5. The zero-order valence-corrected chi connectivity index (χ0v) is 17.6. The van der Waals surface area contributed by atoms with Gasteiger partial charge in [-0.15, -0.1) is 0 Å². The molecule has 1 heterocycles. The van der Waals surface area contributed by atoms with Crippen molar-refractivity contribution in [2.24, 2.45) is 0 Å². The maximum absolute atomic E-state index is 10.8. The van der Waals surface area contributed by atoms with Gasteiger partial charge >= 0.3 is 0 Å². The topological polar surface area (TPSA) is 53.9 Å². The lowest BCUT2D eigenvalue weighted by atomic mass is 10.1. The maximum Gasteiger partial charge on any atom is 0.203 e. The lowest BCUT2D eigenvalue weighted by Crippen LogP contribution is -2.27. The second-order valence-corrected chi connectivity index (χ2v) is 8.08. The number of aromatic nitrogens is 2. The Kier molecular flexibility index (Phi) is 5.70. The highest BCUT2D eigenvalue weighted by Crippen LogP contribution is 2.27. The van der Waals surface area contributed by atoms with Crippen molar-refractivity contribution in [2.45, 2.75) is 19.2 Å². The van der Waals surface area contributed by atoms with E-state index in [0.717, 1.165) is 16.6 Å². The molecule has 0 aliphatic rings. The molecule has 0 aliphatic heterocycles. The number of nitrogens with one attached hydrogen (secondary N) is 1. The Morgan fingerprint density at radius 1 is 0.828 bits per heavy atom. The highest BCUT2D eigenvalue weighted by Gasteiger charge is 2.16. The van der Waals surface area contributed by atoms with Crippen LogP contribution in [0, 0.1) is 5.41 Å². The van der Waals surface area contributed by atoms with Gasteiger partial charge in [0.2, 0.25) is 5.62 Å². The summed E-state index contributed by atoms with van der Waals surface area (Å²) < 4.78 is 3.72. The predicted molar refractivity (Wildman–Crippen MR) is 118 cm³/mol. The molecule has 2 N–H and O–H groups in total. The first-order chi connectivity index (χ1) is 13.9. The third kappa shape index (κ3) is 4.07. The number of aliphatic hydroxyl groups is 1. The van der Waals surface area contributed by atoms with Crippen molar-refractivity contribution < 1.29 is 5.11 Å². The average molecular weight is 447 g/mol. The van der Waals surface area contributed by atoms with Crippen molar-refractivity contribution >= 4 is 45.8 Å². The summed E-state index contributed by atoms with van der Waals surface area (Å²) in [6.45, 7) is 0.761. The molecule has 4 nitrogen and oxygen atoms in total. The second kappa shape index (κ2) is 8.25. The van der Waals surface area contributed by atoms with Crippen LogP contribution in [0.25, 0.3) is 11.0 Å². The van der Waals surface area contributed by atoms with E-state index in [1.807, 2.05) is 53.1 Å². The van der Waals surface area contributed by atoms with E-state index < -0.39 is 6.10 Å². The van der Waals surface area contributed by atoms with Gasteiger partial charge in [-0.05, 0) is 47.5 Å². The molecule has 0 saturated heterocycles. The third-order valence-corrected chi connectivity index (χ3v) is 5.90. The summed E-state index contributed by atoms with van der Waals surface area (Å²) in [7, 11) is 0. The number of hydrogen-bond acceptors (Lipinski definition) is 2. The molecule has 1 atom stereocenters. The minimum absolute atomic E-state index is 0.227. The number of imidazole rings is 1. The van der Waals surface area contributed by atoms with Gasteiger partial charge in [0, 0.05) is 5.02 Å². The Hall–Kier alpha value is -2.24. The molecule has 3 aromatic carbocycles. The molecule has 4 rings (SSSR count). The summed E-state index contributed by atoms with van der Waals surface area (Å²) >= 11 is 18.1. The van der Waals surface area contributed by atoms with Crippen molar-refractivity contribution in [3.63, 3.8) is 0 Å². The molecule has 148 valence electrons. The number of para-hydroxylation sites is 2.